The van der Waals surface area contributed by atoms with Gasteiger partial charge < -0.3 is 5.32 Å². The molecule has 158 valence electrons. The first kappa shape index (κ1) is 21.8. The average molecular weight is 415 g/mol. The molecule has 0 aromatic heterocycles. The Hall–Kier alpha value is -3.93. The van der Waals surface area contributed by atoms with Crippen LogP contribution in [0.15, 0.2) is 78.9 Å². The van der Waals surface area contributed by atoms with Crippen LogP contribution in [0.4, 0.5) is 5.69 Å². The van der Waals surface area contributed by atoms with E-state index in [9.17, 15) is 14.4 Å². The first-order valence-electron chi connectivity index (χ1n) is 9.92. The molecule has 0 fully saturated rings. The van der Waals surface area contributed by atoms with Crippen molar-refractivity contribution in [1.29, 1.82) is 0 Å². The summed E-state index contributed by atoms with van der Waals surface area (Å²) in [4.78, 5) is 36.8. The van der Waals surface area contributed by atoms with Gasteiger partial charge in [0.2, 0.25) is 0 Å². The van der Waals surface area contributed by atoms with E-state index in [2.05, 4.69) is 36.9 Å². The van der Waals surface area contributed by atoms with Crippen molar-refractivity contribution >= 4 is 23.4 Å². The van der Waals surface area contributed by atoms with E-state index < -0.39 is 11.8 Å². The van der Waals surface area contributed by atoms with E-state index >= 15 is 0 Å². The standard InChI is InChI=1S/C25H25N3O3/c1-25(2,3)20-13-9-18(10-14-20)23(30)27-28-24(31)19-11-15-21(16-12-19)26-22(29)17-7-5-4-6-8-17/h4-16H,1-3H3,(H,26,29)(H,27,30)(H,28,31). The van der Waals surface area contributed by atoms with Crippen molar-refractivity contribution in [2.45, 2.75) is 26.2 Å². The molecule has 3 aromatic rings. The highest BCUT2D eigenvalue weighted by atomic mass is 16.2. The summed E-state index contributed by atoms with van der Waals surface area (Å²) < 4.78 is 0. The molecule has 0 spiro atoms. The summed E-state index contributed by atoms with van der Waals surface area (Å²) in [5.74, 6) is -1.09. The third-order valence-electron chi connectivity index (χ3n) is 4.74. The summed E-state index contributed by atoms with van der Waals surface area (Å²) in [5.41, 5.74) is 7.84. The second-order valence-corrected chi connectivity index (χ2v) is 8.13. The van der Waals surface area contributed by atoms with Crippen molar-refractivity contribution in [2.75, 3.05) is 5.32 Å². The third-order valence-corrected chi connectivity index (χ3v) is 4.74. The van der Waals surface area contributed by atoms with Crippen LogP contribution in [0.1, 0.15) is 57.4 Å². The number of amides is 3. The molecule has 0 aliphatic heterocycles. The fourth-order valence-electron chi connectivity index (χ4n) is 2.88. The van der Waals surface area contributed by atoms with Crippen molar-refractivity contribution in [3.63, 3.8) is 0 Å². The average Bonchev–Trinajstić information content (AvgIpc) is 2.78. The number of hydrogen-bond donors (Lipinski definition) is 3. The molecule has 0 bridgehead atoms. The highest BCUT2D eigenvalue weighted by Gasteiger charge is 2.15. The van der Waals surface area contributed by atoms with Crippen molar-refractivity contribution in [3.8, 4) is 0 Å². The van der Waals surface area contributed by atoms with Crippen LogP contribution in [0, 0.1) is 0 Å². The highest BCUT2D eigenvalue weighted by Crippen LogP contribution is 2.22. The number of rotatable bonds is 4. The lowest BCUT2D eigenvalue weighted by Gasteiger charge is -2.19. The van der Waals surface area contributed by atoms with Crippen molar-refractivity contribution < 1.29 is 14.4 Å². The minimum Gasteiger partial charge on any atom is -0.322 e. The lowest BCUT2D eigenvalue weighted by Crippen LogP contribution is -2.41. The Labute approximate surface area is 181 Å². The predicted octanol–water partition coefficient (Wildman–Crippen LogP) is 4.31. The van der Waals surface area contributed by atoms with Crippen LogP contribution in [-0.4, -0.2) is 17.7 Å². The molecule has 0 unspecified atom stereocenters. The fraction of sp³-hybridized carbons (Fsp3) is 0.160. The summed E-state index contributed by atoms with van der Waals surface area (Å²) in [6, 6.07) is 22.5. The first-order chi connectivity index (χ1) is 14.7. The van der Waals surface area contributed by atoms with Crippen molar-refractivity contribution in [1.82, 2.24) is 10.9 Å². The molecule has 3 N–H and O–H groups in total. The molecule has 0 atom stereocenters. The SMILES string of the molecule is CC(C)(C)c1ccc(C(=O)NNC(=O)c2ccc(NC(=O)c3ccccc3)cc2)cc1. The minimum atomic E-state index is -0.458. The summed E-state index contributed by atoms with van der Waals surface area (Å²) in [7, 11) is 0. The zero-order valence-corrected chi connectivity index (χ0v) is 17.7. The van der Waals surface area contributed by atoms with Gasteiger partial charge in [-0.05, 0) is 59.5 Å². The normalized spacial score (nSPS) is 10.8. The van der Waals surface area contributed by atoms with E-state index in [-0.39, 0.29) is 11.3 Å². The maximum atomic E-state index is 12.3. The second kappa shape index (κ2) is 9.26. The van der Waals surface area contributed by atoms with E-state index in [4.69, 9.17) is 0 Å². The molecule has 3 aromatic carbocycles. The Morgan fingerprint density at radius 1 is 0.581 bits per heavy atom. The van der Waals surface area contributed by atoms with Gasteiger partial charge in [-0.25, -0.2) is 0 Å². The van der Waals surface area contributed by atoms with Gasteiger partial charge >= 0.3 is 0 Å². The van der Waals surface area contributed by atoms with Crippen LogP contribution in [-0.2, 0) is 5.41 Å². The quantitative estimate of drug-likeness (QED) is 0.555. The van der Waals surface area contributed by atoms with Crippen molar-refractivity contribution in [2.24, 2.45) is 0 Å². The van der Waals surface area contributed by atoms with Crippen LogP contribution in [0.5, 0.6) is 0 Å². The number of carbonyl (C=O) groups is 3. The molecule has 6 nitrogen and oxygen atoms in total. The number of nitrogens with one attached hydrogen (secondary N) is 3. The van der Waals surface area contributed by atoms with Crippen molar-refractivity contribution in [3.05, 3.63) is 101 Å². The van der Waals surface area contributed by atoms with E-state index in [1.165, 1.54) is 0 Å². The Balaban J connectivity index is 1.54. The largest absolute Gasteiger partial charge is 0.322 e. The van der Waals surface area contributed by atoms with Gasteiger partial charge in [-0.15, -0.1) is 0 Å². The molecule has 31 heavy (non-hydrogen) atoms. The molecule has 3 rings (SSSR count). The monoisotopic (exact) mass is 415 g/mol. The van der Waals surface area contributed by atoms with Gasteiger partial charge in [0.25, 0.3) is 17.7 Å². The molecule has 0 saturated carbocycles. The van der Waals surface area contributed by atoms with Gasteiger partial charge in [-0.1, -0.05) is 51.1 Å². The Morgan fingerprint density at radius 2 is 1.03 bits per heavy atom. The van der Waals surface area contributed by atoms with Gasteiger partial charge in [0.05, 0.1) is 0 Å². The topological polar surface area (TPSA) is 87.3 Å². The summed E-state index contributed by atoms with van der Waals surface area (Å²) in [6.07, 6.45) is 0. The number of benzene rings is 3. The fourth-order valence-corrected chi connectivity index (χ4v) is 2.88. The summed E-state index contributed by atoms with van der Waals surface area (Å²) in [5, 5.41) is 2.77. The molecule has 0 saturated heterocycles. The lowest BCUT2D eigenvalue weighted by molar-refractivity contribution is 0.0846. The van der Waals surface area contributed by atoms with Crippen LogP contribution in [0.3, 0.4) is 0 Å². The molecule has 3 amide bonds. The molecule has 0 aliphatic carbocycles. The molecule has 6 heteroatoms. The van der Waals surface area contributed by atoms with Crippen LogP contribution in [0.25, 0.3) is 0 Å². The van der Waals surface area contributed by atoms with Gasteiger partial charge in [0.1, 0.15) is 0 Å². The van der Waals surface area contributed by atoms with Crippen LogP contribution >= 0.6 is 0 Å². The Bertz CT molecular complexity index is 1070. The Morgan fingerprint density at radius 3 is 1.52 bits per heavy atom. The van der Waals surface area contributed by atoms with E-state index in [0.29, 0.717) is 22.4 Å². The van der Waals surface area contributed by atoms with Gasteiger partial charge in [-0.3, -0.25) is 25.2 Å². The zero-order chi connectivity index (χ0) is 22.4. The number of hydrogen-bond acceptors (Lipinski definition) is 3. The van der Waals surface area contributed by atoms with Gasteiger partial charge in [-0.2, -0.15) is 0 Å². The second-order valence-electron chi connectivity index (χ2n) is 8.13. The highest BCUT2D eigenvalue weighted by molar-refractivity contribution is 6.04. The molecular weight excluding hydrogens is 390 g/mol. The maximum Gasteiger partial charge on any atom is 0.269 e. The van der Waals surface area contributed by atoms with Crippen LogP contribution < -0.4 is 16.2 Å². The number of anilines is 1. The third kappa shape index (κ3) is 5.79. The van der Waals surface area contributed by atoms with E-state index in [1.807, 2.05) is 18.2 Å². The first-order valence-corrected chi connectivity index (χ1v) is 9.92. The lowest BCUT2D eigenvalue weighted by atomic mass is 9.87. The smallest absolute Gasteiger partial charge is 0.269 e. The summed E-state index contributed by atoms with van der Waals surface area (Å²) >= 11 is 0. The molecule has 0 radical (unpaired) electrons. The molecule has 0 heterocycles. The number of carbonyl (C=O) groups excluding carboxylic acids is 3. The molecular formula is C25H25N3O3. The van der Waals surface area contributed by atoms with E-state index in [1.54, 1.807) is 60.7 Å². The molecule has 0 aliphatic rings. The summed E-state index contributed by atoms with van der Waals surface area (Å²) in [6.45, 7) is 6.29. The Kier molecular flexibility index (Phi) is 6.50. The van der Waals surface area contributed by atoms with Gasteiger partial charge in [0.15, 0.2) is 0 Å². The van der Waals surface area contributed by atoms with E-state index in [0.717, 1.165) is 5.56 Å². The minimum absolute atomic E-state index is 0.00402. The number of hydrazine groups is 1. The van der Waals surface area contributed by atoms with Gasteiger partial charge in [0, 0.05) is 22.4 Å². The maximum absolute atomic E-state index is 12.3. The van der Waals surface area contributed by atoms with Crippen LogP contribution in [0.2, 0.25) is 0 Å². The predicted molar refractivity (Wildman–Crippen MR) is 121 cm³/mol. The zero-order valence-electron chi connectivity index (χ0n) is 17.7.